The summed E-state index contributed by atoms with van der Waals surface area (Å²) >= 11 is 1.16. The molecule has 0 aromatic carbocycles. The number of hydrogen-bond donors (Lipinski definition) is 1. The van der Waals surface area contributed by atoms with Crippen LogP contribution in [0.3, 0.4) is 0 Å². The summed E-state index contributed by atoms with van der Waals surface area (Å²) < 4.78 is 3.82. The van der Waals surface area contributed by atoms with Crippen LogP contribution in [0.5, 0.6) is 0 Å². The second-order valence-electron chi connectivity index (χ2n) is 6.33. The van der Waals surface area contributed by atoms with Crippen LogP contribution in [0.1, 0.15) is 48.5 Å². The lowest BCUT2D eigenvalue weighted by Crippen LogP contribution is -2.41. The first-order valence-corrected chi connectivity index (χ1v) is 8.59. The van der Waals surface area contributed by atoms with Crippen molar-refractivity contribution < 1.29 is 9.59 Å². The van der Waals surface area contributed by atoms with Crippen LogP contribution in [-0.2, 0) is 4.79 Å². The van der Waals surface area contributed by atoms with Gasteiger partial charge in [-0.15, -0.1) is 5.10 Å². The van der Waals surface area contributed by atoms with Crippen LogP contribution in [0, 0.1) is 18.8 Å². The van der Waals surface area contributed by atoms with Gasteiger partial charge in [0.05, 0.1) is 5.69 Å². The molecule has 6 nitrogen and oxygen atoms in total. The Labute approximate surface area is 135 Å². The molecule has 0 unspecified atom stereocenters. The van der Waals surface area contributed by atoms with Crippen molar-refractivity contribution in [3.05, 3.63) is 10.6 Å². The third kappa shape index (κ3) is 4.50. The minimum Gasteiger partial charge on any atom is -0.356 e. The van der Waals surface area contributed by atoms with E-state index in [2.05, 4.69) is 14.9 Å². The van der Waals surface area contributed by atoms with Gasteiger partial charge in [0.25, 0.3) is 5.91 Å². The van der Waals surface area contributed by atoms with Gasteiger partial charge in [0.2, 0.25) is 5.91 Å². The summed E-state index contributed by atoms with van der Waals surface area (Å²) in [6.45, 7) is 8.09. The lowest BCUT2D eigenvalue weighted by atomic mass is 9.96. The molecule has 1 saturated heterocycles. The van der Waals surface area contributed by atoms with E-state index in [1.807, 2.05) is 25.7 Å². The second-order valence-corrected chi connectivity index (χ2v) is 7.08. The first-order valence-electron chi connectivity index (χ1n) is 7.82. The van der Waals surface area contributed by atoms with Crippen molar-refractivity contribution in [2.24, 2.45) is 11.8 Å². The monoisotopic (exact) mass is 324 g/mol. The fourth-order valence-electron chi connectivity index (χ4n) is 2.61. The molecule has 7 heteroatoms. The molecule has 0 spiro atoms. The molecule has 1 N–H and O–H groups in total. The highest BCUT2D eigenvalue weighted by molar-refractivity contribution is 7.07. The number of aromatic nitrogens is 2. The molecule has 122 valence electrons. The number of likely N-dealkylation sites (tertiary alicyclic amines) is 1. The molecule has 0 atom stereocenters. The molecular weight excluding hydrogens is 300 g/mol. The van der Waals surface area contributed by atoms with Gasteiger partial charge in [-0.05, 0) is 43.1 Å². The highest BCUT2D eigenvalue weighted by Gasteiger charge is 2.26. The molecule has 0 saturated carbocycles. The predicted octanol–water partition coefficient (Wildman–Crippen LogP) is 1.86. The quantitative estimate of drug-likeness (QED) is 0.897. The summed E-state index contributed by atoms with van der Waals surface area (Å²) in [6, 6.07) is 0. The van der Waals surface area contributed by atoms with E-state index in [0.717, 1.165) is 37.5 Å². The van der Waals surface area contributed by atoms with Gasteiger partial charge in [-0.2, -0.15) is 0 Å². The number of nitrogens with one attached hydrogen (secondary N) is 1. The van der Waals surface area contributed by atoms with Gasteiger partial charge < -0.3 is 10.2 Å². The number of piperidine rings is 1. The smallest absolute Gasteiger partial charge is 0.267 e. The average Bonchev–Trinajstić information content (AvgIpc) is 2.90. The fourth-order valence-corrected chi connectivity index (χ4v) is 3.24. The maximum Gasteiger partial charge on any atom is 0.267 e. The maximum atomic E-state index is 12.4. The zero-order valence-corrected chi connectivity index (χ0v) is 14.3. The molecule has 1 aromatic rings. The van der Waals surface area contributed by atoms with Gasteiger partial charge in [-0.1, -0.05) is 18.3 Å². The van der Waals surface area contributed by atoms with Crippen molar-refractivity contribution in [3.8, 4) is 0 Å². The maximum absolute atomic E-state index is 12.4. The topological polar surface area (TPSA) is 75.2 Å². The van der Waals surface area contributed by atoms with Gasteiger partial charge in [0.1, 0.15) is 4.88 Å². The molecule has 1 fully saturated rings. The van der Waals surface area contributed by atoms with Crippen molar-refractivity contribution >= 4 is 23.3 Å². The molecular formula is C15H24N4O2S. The Morgan fingerprint density at radius 1 is 1.36 bits per heavy atom. The van der Waals surface area contributed by atoms with E-state index in [4.69, 9.17) is 0 Å². The first-order chi connectivity index (χ1) is 10.5. The van der Waals surface area contributed by atoms with Crippen molar-refractivity contribution in [2.75, 3.05) is 19.6 Å². The van der Waals surface area contributed by atoms with E-state index in [1.165, 1.54) is 0 Å². The summed E-state index contributed by atoms with van der Waals surface area (Å²) in [7, 11) is 0. The standard InChI is InChI=1S/C15H24N4O2S/c1-10(2)8-13(20)16-9-12-4-6-19(7-5-12)15(21)14-11(3)17-18-22-14/h10,12H,4-9H2,1-3H3,(H,16,20). The number of carbonyl (C=O) groups is 2. The largest absolute Gasteiger partial charge is 0.356 e. The molecule has 2 rings (SSSR count). The van der Waals surface area contributed by atoms with Gasteiger partial charge >= 0.3 is 0 Å². The average molecular weight is 324 g/mol. The van der Waals surface area contributed by atoms with Crippen LogP contribution in [-0.4, -0.2) is 45.9 Å². The van der Waals surface area contributed by atoms with E-state index in [1.54, 1.807) is 0 Å². The van der Waals surface area contributed by atoms with Crippen LogP contribution < -0.4 is 5.32 Å². The Balaban J connectivity index is 1.75. The third-order valence-corrected chi connectivity index (χ3v) is 4.74. The van der Waals surface area contributed by atoms with Crippen molar-refractivity contribution in [1.82, 2.24) is 19.8 Å². The minimum absolute atomic E-state index is 0.0368. The van der Waals surface area contributed by atoms with Gasteiger partial charge in [0.15, 0.2) is 0 Å². The van der Waals surface area contributed by atoms with E-state index >= 15 is 0 Å². The van der Waals surface area contributed by atoms with Crippen molar-refractivity contribution in [1.29, 1.82) is 0 Å². The molecule has 0 aliphatic carbocycles. The Morgan fingerprint density at radius 3 is 2.59 bits per heavy atom. The van der Waals surface area contributed by atoms with Crippen LogP contribution in [0.25, 0.3) is 0 Å². The summed E-state index contributed by atoms with van der Waals surface area (Å²) in [5.74, 6) is 1.01. The molecule has 2 amide bonds. The number of carbonyl (C=O) groups excluding carboxylic acids is 2. The molecule has 0 radical (unpaired) electrons. The Morgan fingerprint density at radius 2 is 2.05 bits per heavy atom. The summed E-state index contributed by atoms with van der Waals surface area (Å²) in [6.07, 6.45) is 2.44. The number of rotatable bonds is 5. The van der Waals surface area contributed by atoms with Crippen LogP contribution in [0.4, 0.5) is 0 Å². The number of aryl methyl sites for hydroxylation is 1. The molecule has 1 aromatic heterocycles. The fraction of sp³-hybridized carbons (Fsp3) is 0.733. The molecule has 22 heavy (non-hydrogen) atoms. The zero-order valence-electron chi connectivity index (χ0n) is 13.5. The molecule has 0 bridgehead atoms. The minimum atomic E-state index is 0.0368. The third-order valence-electron chi connectivity index (χ3n) is 3.93. The first kappa shape index (κ1) is 16.9. The highest BCUT2D eigenvalue weighted by Crippen LogP contribution is 2.20. The van der Waals surface area contributed by atoms with E-state index < -0.39 is 0 Å². The predicted molar refractivity (Wildman–Crippen MR) is 85.7 cm³/mol. The van der Waals surface area contributed by atoms with Crippen molar-refractivity contribution in [2.45, 2.75) is 40.0 Å². The van der Waals surface area contributed by atoms with Crippen LogP contribution in [0.2, 0.25) is 0 Å². The Kier molecular flexibility index (Phi) is 5.88. The van der Waals surface area contributed by atoms with E-state index in [-0.39, 0.29) is 11.8 Å². The van der Waals surface area contributed by atoms with Crippen molar-refractivity contribution in [3.63, 3.8) is 0 Å². The summed E-state index contributed by atoms with van der Waals surface area (Å²) in [5.41, 5.74) is 0.707. The van der Waals surface area contributed by atoms with Crippen LogP contribution in [0.15, 0.2) is 0 Å². The SMILES string of the molecule is Cc1nnsc1C(=O)N1CCC(CNC(=O)CC(C)C)CC1. The highest BCUT2D eigenvalue weighted by atomic mass is 32.1. The number of nitrogens with zero attached hydrogens (tertiary/aromatic N) is 3. The lowest BCUT2D eigenvalue weighted by Gasteiger charge is -2.31. The summed E-state index contributed by atoms with van der Waals surface area (Å²) in [5, 5.41) is 6.90. The normalized spacial score (nSPS) is 16.1. The zero-order chi connectivity index (χ0) is 16.1. The Bertz CT molecular complexity index is 521. The number of amides is 2. The van der Waals surface area contributed by atoms with Crippen LogP contribution >= 0.6 is 11.5 Å². The molecule has 1 aliphatic rings. The Hall–Kier alpha value is -1.50. The summed E-state index contributed by atoms with van der Waals surface area (Å²) in [4.78, 5) is 26.5. The molecule has 2 heterocycles. The van der Waals surface area contributed by atoms with E-state index in [9.17, 15) is 9.59 Å². The van der Waals surface area contributed by atoms with E-state index in [0.29, 0.717) is 35.4 Å². The van der Waals surface area contributed by atoms with Gasteiger partial charge in [-0.25, -0.2) is 0 Å². The van der Waals surface area contributed by atoms with Gasteiger partial charge in [0, 0.05) is 26.1 Å². The number of hydrogen-bond acceptors (Lipinski definition) is 5. The van der Waals surface area contributed by atoms with Gasteiger partial charge in [-0.3, -0.25) is 9.59 Å². The second kappa shape index (κ2) is 7.67. The molecule has 1 aliphatic heterocycles. The lowest BCUT2D eigenvalue weighted by molar-refractivity contribution is -0.122.